The van der Waals surface area contributed by atoms with Crippen LogP contribution >= 0.6 is 0 Å². The standard InChI is InChI=1S/C21H27N3O6S2/c1-16-3-5-17(6-4-16)22-21(25)15-24(13-14-30-2)32(28,29)20-11-9-19(10-12-20)31(26,27)23-18-7-8-18/h3-6,9-12,18H,7-8,13-15H2,1-2H3,(H,22,25)(H,23,26,27). The second-order valence-corrected chi connectivity index (χ2v) is 11.2. The third-order valence-corrected chi connectivity index (χ3v) is 8.14. The minimum Gasteiger partial charge on any atom is -0.383 e. The molecule has 1 saturated carbocycles. The molecule has 1 amide bonds. The molecule has 32 heavy (non-hydrogen) atoms. The van der Waals surface area contributed by atoms with Crippen LogP contribution in [-0.4, -0.2) is 60.2 Å². The molecule has 0 spiro atoms. The number of carbonyl (C=O) groups is 1. The molecule has 1 aliphatic rings. The lowest BCUT2D eigenvalue weighted by atomic mass is 10.2. The Hall–Kier alpha value is -2.31. The number of anilines is 1. The molecule has 2 aromatic rings. The number of hydrogen-bond acceptors (Lipinski definition) is 6. The number of nitrogens with one attached hydrogen (secondary N) is 1. The van der Waals surface area contributed by atoms with Crippen LogP contribution in [0.25, 0.3) is 0 Å². The number of rotatable bonds is 10. The highest BCUT2D eigenvalue weighted by molar-refractivity contribution is 7.89. The molecule has 1 unspecified atom stereocenters. The molecule has 9 nitrogen and oxygen atoms in total. The molecule has 174 valence electrons. The van der Waals surface area contributed by atoms with Gasteiger partial charge >= 0.3 is 0 Å². The highest BCUT2D eigenvalue weighted by atomic mass is 32.2. The Bertz CT molecular complexity index is 1170. The number of nitrogens with zero attached hydrogens (tertiary/aromatic N) is 2. The molecular formula is C21H27N3O6S2. The van der Waals surface area contributed by atoms with E-state index in [0.717, 1.165) is 22.7 Å². The van der Waals surface area contributed by atoms with Crippen molar-refractivity contribution in [3.63, 3.8) is 0 Å². The minimum atomic E-state index is -4.05. The van der Waals surface area contributed by atoms with Crippen molar-refractivity contribution in [2.45, 2.75) is 35.6 Å². The molecule has 11 heteroatoms. The van der Waals surface area contributed by atoms with Crippen molar-refractivity contribution in [1.82, 2.24) is 4.31 Å². The van der Waals surface area contributed by atoms with E-state index in [0.29, 0.717) is 5.69 Å². The number of methoxy groups -OCH3 is 1. The van der Waals surface area contributed by atoms with Gasteiger partial charge in [-0.1, -0.05) is 17.7 Å². The van der Waals surface area contributed by atoms with E-state index in [1.54, 1.807) is 12.1 Å². The molecule has 0 heterocycles. The van der Waals surface area contributed by atoms with Gasteiger partial charge in [-0.2, -0.15) is 4.31 Å². The topological polar surface area (TPSA) is 125 Å². The van der Waals surface area contributed by atoms with Gasteiger partial charge in [-0.15, -0.1) is 0 Å². The quantitative estimate of drug-likeness (QED) is 0.537. The lowest BCUT2D eigenvalue weighted by molar-refractivity contribution is -0.116. The fourth-order valence-electron chi connectivity index (χ4n) is 2.86. The summed E-state index contributed by atoms with van der Waals surface area (Å²) in [6.07, 6.45) is 1.56. The van der Waals surface area contributed by atoms with E-state index in [1.165, 1.54) is 31.4 Å². The summed E-state index contributed by atoms with van der Waals surface area (Å²) in [7, 11) is -6.18. The van der Waals surface area contributed by atoms with Crippen molar-refractivity contribution in [3.8, 4) is 0 Å². The van der Waals surface area contributed by atoms with E-state index >= 15 is 0 Å². The third kappa shape index (κ3) is 6.36. The van der Waals surface area contributed by atoms with Crippen LogP contribution in [0.3, 0.4) is 0 Å². The smallest absolute Gasteiger partial charge is 0.243 e. The summed E-state index contributed by atoms with van der Waals surface area (Å²) in [5.41, 5.74) is 1.60. The first-order valence-corrected chi connectivity index (χ1v) is 13.0. The Kier molecular flexibility index (Phi) is 7.67. The number of hydrogen-bond donors (Lipinski definition) is 2. The predicted octanol–water partition coefficient (Wildman–Crippen LogP) is 2.73. The summed E-state index contributed by atoms with van der Waals surface area (Å²) < 4.78 is 58.7. The van der Waals surface area contributed by atoms with E-state index in [9.17, 15) is 22.0 Å². The SMILES string of the molecule is COCCN(CC(=O)Nc1ccc(C)cc1)S(=O)(=O)c1ccc(S(=O)(O)=NC2CC2)cc1. The first-order valence-electron chi connectivity index (χ1n) is 10.1. The molecule has 1 atom stereocenters. The number of carbonyl (C=O) groups excluding carboxylic acids is 1. The number of sulfonamides is 1. The van der Waals surface area contributed by atoms with Gasteiger partial charge in [0.05, 0.1) is 29.0 Å². The highest BCUT2D eigenvalue weighted by Gasteiger charge is 2.28. The largest absolute Gasteiger partial charge is 0.383 e. The van der Waals surface area contributed by atoms with Crippen LogP contribution in [0.5, 0.6) is 0 Å². The van der Waals surface area contributed by atoms with Crippen LogP contribution in [0, 0.1) is 6.92 Å². The zero-order chi connectivity index (χ0) is 23.4. The lowest BCUT2D eigenvalue weighted by Crippen LogP contribution is -2.40. The maximum absolute atomic E-state index is 13.2. The Morgan fingerprint density at radius 3 is 2.25 bits per heavy atom. The average Bonchev–Trinajstić information content (AvgIpc) is 3.56. The molecule has 1 aliphatic carbocycles. The lowest BCUT2D eigenvalue weighted by Gasteiger charge is -2.21. The first kappa shape index (κ1) is 24.3. The van der Waals surface area contributed by atoms with Gasteiger partial charge < -0.3 is 10.1 Å². The van der Waals surface area contributed by atoms with E-state index in [1.807, 2.05) is 19.1 Å². The van der Waals surface area contributed by atoms with Crippen molar-refractivity contribution in [3.05, 3.63) is 54.1 Å². The molecule has 2 N–H and O–H groups in total. The zero-order valence-electron chi connectivity index (χ0n) is 17.9. The van der Waals surface area contributed by atoms with Crippen molar-refractivity contribution < 1.29 is 26.7 Å². The molecule has 0 radical (unpaired) electrons. The molecule has 1 fully saturated rings. The molecular weight excluding hydrogens is 454 g/mol. The van der Waals surface area contributed by atoms with E-state index in [4.69, 9.17) is 4.74 Å². The van der Waals surface area contributed by atoms with Crippen LogP contribution < -0.4 is 5.32 Å². The maximum Gasteiger partial charge on any atom is 0.243 e. The summed E-state index contributed by atoms with van der Waals surface area (Å²) in [4.78, 5) is 12.5. The summed E-state index contributed by atoms with van der Waals surface area (Å²) >= 11 is 0. The van der Waals surface area contributed by atoms with Gasteiger partial charge in [-0.05, 0) is 56.2 Å². The molecule has 0 aliphatic heterocycles. The van der Waals surface area contributed by atoms with E-state index in [-0.39, 0.29) is 29.0 Å². The second-order valence-electron chi connectivity index (χ2n) is 7.55. The molecule has 0 bridgehead atoms. The Morgan fingerprint density at radius 1 is 1.09 bits per heavy atom. The van der Waals surface area contributed by atoms with Crippen molar-refractivity contribution >= 4 is 31.6 Å². The Balaban J connectivity index is 1.78. The monoisotopic (exact) mass is 481 g/mol. The summed E-state index contributed by atoms with van der Waals surface area (Å²) in [6.45, 7) is 1.58. The molecule has 3 rings (SSSR count). The van der Waals surface area contributed by atoms with Gasteiger partial charge in [-0.25, -0.2) is 17.0 Å². The van der Waals surface area contributed by atoms with E-state index < -0.39 is 32.5 Å². The second kappa shape index (κ2) is 10.1. The van der Waals surface area contributed by atoms with Crippen LogP contribution in [0.4, 0.5) is 5.69 Å². The van der Waals surface area contributed by atoms with Gasteiger partial charge in [0.25, 0.3) is 0 Å². The van der Waals surface area contributed by atoms with Gasteiger partial charge in [0, 0.05) is 19.3 Å². The number of ether oxygens (including phenoxy) is 1. The third-order valence-electron chi connectivity index (χ3n) is 4.81. The molecule has 0 saturated heterocycles. The maximum atomic E-state index is 13.2. The average molecular weight is 482 g/mol. The Labute approximate surface area is 188 Å². The predicted molar refractivity (Wildman–Crippen MR) is 121 cm³/mol. The molecule has 0 aromatic heterocycles. The Morgan fingerprint density at radius 2 is 1.69 bits per heavy atom. The van der Waals surface area contributed by atoms with Crippen LogP contribution in [0.2, 0.25) is 0 Å². The van der Waals surface area contributed by atoms with Crippen LogP contribution in [0.15, 0.2) is 62.7 Å². The fourth-order valence-corrected chi connectivity index (χ4v) is 5.46. The van der Waals surface area contributed by atoms with Gasteiger partial charge in [-0.3, -0.25) is 9.35 Å². The number of aryl methyl sites for hydroxylation is 1. The van der Waals surface area contributed by atoms with Crippen molar-refractivity contribution in [2.24, 2.45) is 4.36 Å². The first-order chi connectivity index (χ1) is 15.1. The summed E-state index contributed by atoms with van der Waals surface area (Å²) in [5.74, 6) is -0.494. The van der Waals surface area contributed by atoms with Crippen molar-refractivity contribution in [2.75, 3.05) is 32.1 Å². The fraction of sp³-hybridized carbons (Fsp3) is 0.381. The number of benzene rings is 2. The summed E-state index contributed by atoms with van der Waals surface area (Å²) in [6, 6.07) is 12.1. The van der Waals surface area contributed by atoms with Gasteiger partial charge in [0.2, 0.25) is 15.9 Å². The number of amides is 1. The van der Waals surface area contributed by atoms with Gasteiger partial charge in [0.15, 0.2) is 10.0 Å². The highest BCUT2D eigenvalue weighted by Crippen LogP contribution is 2.27. The minimum absolute atomic E-state index is 0.0321. The van der Waals surface area contributed by atoms with Crippen LogP contribution in [0.1, 0.15) is 18.4 Å². The normalized spacial score (nSPS) is 15.9. The van der Waals surface area contributed by atoms with Crippen LogP contribution in [-0.2, 0) is 29.6 Å². The van der Waals surface area contributed by atoms with E-state index in [2.05, 4.69) is 9.68 Å². The van der Waals surface area contributed by atoms with Gasteiger partial charge in [0.1, 0.15) is 0 Å². The zero-order valence-corrected chi connectivity index (χ0v) is 19.6. The molecule has 2 aromatic carbocycles. The summed E-state index contributed by atoms with van der Waals surface area (Å²) in [5, 5.41) is 2.68. The van der Waals surface area contributed by atoms with Crippen molar-refractivity contribution in [1.29, 1.82) is 0 Å².